The van der Waals surface area contributed by atoms with Crippen molar-refractivity contribution in [2.24, 2.45) is 0 Å². The van der Waals surface area contributed by atoms with Gasteiger partial charge in [-0.1, -0.05) is 0 Å². The van der Waals surface area contributed by atoms with Gasteiger partial charge in [0.15, 0.2) is 5.60 Å². The van der Waals surface area contributed by atoms with Gasteiger partial charge in [0.25, 0.3) is 11.6 Å². The first-order valence-electron chi connectivity index (χ1n) is 6.38. The quantitative estimate of drug-likeness (QED) is 0.668. The predicted octanol–water partition coefficient (Wildman–Crippen LogP) is 2.04. The molecule has 22 heavy (non-hydrogen) atoms. The van der Waals surface area contributed by atoms with Gasteiger partial charge in [-0.05, 0) is 19.1 Å². The smallest absolute Gasteiger partial charge is 0.379 e. The van der Waals surface area contributed by atoms with Gasteiger partial charge in [0.2, 0.25) is 0 Å². The number of aryl methyl sites for hydroxylation is 1. The zero-order valence-corrected chi connectivity index (χ0v) is 11.6. The molecule has 0 saturated carbocycles. The lowest BCUT2D eigenvalue weighted by Crippen LogP contribution is -2.48. The number of carbonyl (C=O) groups is 1. The lowest BCUT2D eigenvalue weighted by atomic mass is 10.0. The van der Waals surface area contributed by atoms with Crippen LogP contribution in [0.2, 0.25) is 0 Å². The second kappa shape index (κ2) is 5.24. The average Bonchev–Trinajstić information content (AvgIpc) is 2.81. The van der Waals surface area contributed by atoms with Gasteiger partial charge in [-0.2, -0.15) is 13.2 Å². The van der Waals surface area contributed by atoms with Crippen molar-refractivity contribution in [3.63, 3.8) is 0 Å². The van der Waals surface area contributed by atoms with E-state index in [2.05, 4.69) is 0 Å². The second-order valence-electron chi connectivity index (χ2n) is 5.26. The number of hydrogen-bond acceptors (Lipinski definition) is 4. The van der Waals surface area contributed by atoms with Crippen molar-refractivity contribution >= 4 is 11.6 Å². The van der Waals surface area contributed by atoms with Crippen molar-refractivity contribution < 1.29 is 28.0 Å². The lowest BCUT2D eigenvalue weighted by molar-refractivity contribution is -0.385. The number of nitrogens with zero attached hydrogens (tertiary/aromatic N) is 2. The van der Waals surface area contributed by atoms with Crippen LogP contribution in [0.4, 0.5) is 18.9 Å². The first-order valence-corrected chi connectivity index (χ1v) is 6.38. The molecule has 0 aliphatic carbocycles. The fraction of sp³-hybridized carbons (Fsp3) is 0.462. The molecule has 0 spiro atoms. The van der Waals surface area contributed by atoms with E-state index < -0.39 is 35.6 Å². The number of amides is 1. The molecule has 6 nitrogen and oxygen atoms in total. The third-order valence-corrected chi connectivity index (χ3v) is 3.70. The molecule has 0 aromatic heterocycles. The Morgan fingerprint density at radius 1 is 1.45 bits per heavy atom. The summed E-state index contributed by atoms with van der Waals surface area (Å²) < 4.78 is 38.2. The fourth-order valence-electron chi connectivity index (χ4n) is 2.37. The van der Waals surface area contributed by atoms with Crippen LogP contribution in [0.5, 0.6) is 0 Å². The largest absolute Gasteiger partial charge is 0.419 e. The molecule has 1 amide bonds. The molecule has 1 N–H and O–H groups in total. The number of alkyl halides is 3. The second-order valence-corrected chi connectivity index (χ2v) is 5.26. The SMILES string of the molecule is Cc1cc(C(=O)N2CC[C@@](O)(C(F)(F)F)C2)ccc1[N+](=O)[O-]. The highest BCUT2D eigenvalue weighted by atomic mass is 19.4. The van der Waals surface area contributed by atoms with E-state index in [1.165, 1.54) is 19.1 Å². The number of nitro benzene ring substituents is 1. The molecule has 1 aromatic rings. The van der Waals surface area contributed by atoms with E-state index in [0.29, 0.717) is 0 Å². The van der Waals surface area contributed by atoms with Crippen LogP contribution in [0.25, 0.3) is 0 Å². The van der Waals surface area contributed by atoms with Gasteiger partial charge >= 0.3 is 6.18 Å². The van der Waals surface area contributed by atoms with E-state index in [9.17, 15) is 33.2 Å². The van der Waals surface area contributed by atoms with Crippen LogP contribution in [0.1, 0.15) is 22.3 Å². The molecule has 1 saturated heterocycles. The highest BCUT2D eigenvalue weighted by molar-refractivity contribution is 5.95. The molecule has 0 bridgehead atoms. The molecule has 1 aliphatic rings. The van der Waals surface area contributed by atoms with Crippen molar-refractivity contribution in [2.45, 2.75) is 25.1 Å². The predicted molar refractivity (Wildman–Crippen MR) is 69.4 cm³/mol. The van der Waals surface area contributed by atoms with Crippen LogP contribution in [0.15, 0.2) is 18.2 Å². The molecule has 1 aliphatic heterocycles. The van der Waals surface area contributed by atoms with E-state index >= 15 is 0 Å². The van der Waals surface area contributed by atoms with Crippen LogP contribution < -0.4 is 0 Å². The minimum atomic E-state index is -4.81. The summed E-state index contributed by atoms with van der Waals surface area (Å²) in [6.07, 6.45) is -5.40. The van der Waals surface area contributed by atoms with Crippen molar-refractivity contribution in [2.75, 3.05) is 13.1 Å². The van der Waals surface area contributed by atoms with E-state index in [1.807, 2.05) is 0 Å². The van der Waals surface area contributed by atoms with Gasteiger partial charge in [0, 0.05) is 30.2 Å². The van der Waals surface area contributed by atoms with Crippen molar-refractivity contribution in [3.8, 4) is 0 Å². The van der Waals surface area contributed by atoms with E-state index in [1.54, 1.807) is 0 Å². The van der Waals surface area contributed by atoms with Crippen molar-refractivity contribution in [1.82, 2.24) is 4.90 Å². The third-order valence-electron chi connectivity index (χ3n) is 3.70. The molecular formula is C13H13F3N2O4. The van der Waals surface area contributed by atoms with Gasteiger partial charge in [0.1, 0.15) is 0 Å². The maximum Gasteiger partial charge on any atom is 0.419 e. The Morgan fingerprint density at radius 2 is 2.09 bits per heavy atom. The number of rotatable bonds is 2. The van der Waals surface area contributed by atoms with Gasteiger partial charge in [0.05, 0.1) is 11.5 Å². The number of aliphatic hydroxyl groups is 1. The van der Waals surface area contributed by atoms with Gasteiger partial charge < -0.3 is 10.0 Å². The Balaban J connectivity index is 2.20. The van der Waals surface area contributed by atoms with Crippen LogP contribution in [-0.4, -0.2) is 45.7 Å². The van der Waals surface area contributed by atoms with Gasteiger partial charge in [-0.25, -0.2) is 0 Å². The van der Waals surface area contributed by atoms with Crippen LogP contribution in [0.3, 0.4) is 0 Å². The Morgan fingerprint density at radius 3 is 2.55 bits per heavy atom. The van der Waals surface area contributed by atoms with Crippen molar-refractivity contribution in [3.05, 3.63) is 39.4 Å². The molecular weight excluding hydrogens is 305 g/mol. The molecule has 9 heteroatoms. The monoisotopic (exact) mass is 318 g/mol. The summed E-state index contributed by atoms with van der Waals surface area (Å²) >= 11 is 0. The molecule has 1 heterocycles. The van der Waals surface area contributed by atoms with Crippen LogP contribution in [-0.2, 0) is 0 Å². The highest BCUT2D eigenvalue weighted by Crippen LogP contribution is 2.38. The van der Waals surface area contributed by atoms with E-state index in [0.717, 1.165) is 11.0 Å². The summed E-state index contributed by atoms with van der Waals surface area (Å²) in [6.45, 7) is 0.362. The summed E-state index contributed by atoms with van der Waals surface area (Å²) in [6, 6.07) is 3.58. The maximum absolute atomic E-state index is 12.7. The molecule has 1 fully saturated rings. The topological polar surface area (TPSA) is 83.7 Å². The molecule has 2 rings (SSSR count). The zero-order valence-electron chi connectivity index (χ0n) is 11.6. The molecule has 0 radical (unpaired) electrons. The zero-order chi connectivity index (χ0) is 16.7. The third kappa shape index (κ3) is 2.76. The number of carbonyl (C=O) groups excluding carboxylic acids is 1. The molecule has 0 unspecified atom stereocenters. The maximum atomic E-state index is 12.7. The number of β-amino-alcohol motifs (C(OH)–C–C–N with tert-alkyl or cyclic N) is 1. The number of benzene rings is 1. The molecule has 120 valence electrons. The van der Waals surface area contributed by atoms with Gasteiger partial charge in [-0.3, -0.25) is 14.9 Å². The summed E-state index contributed by atoms with van der Waals surface area (Å²) in [7, 11) is 0. The normalized spacial score (nSPS) is 22.0. The number of hydrogen-bond donors (Lipinski definition) is 1. The van der Waals surface area contributed by atoms with Crippen molar-refractivity contribution in [1.29, 1.82) is 0 Å². The lowest BCUT2D eigenvalue weighted by Gasteiger charge is -2.25. The Bertz CT molecular complexity index is 632. The average molecular weight is 318 g/mol. The molecule has 1 atom stereocenters. The standard InChI is InChI=1S/C13H13F3N2O4/c1-8-6-9(2-3-10(8)18(21)22)11(19)17-5-4-12(20,7-17)13(14,15)16/h2-3,6,20H,4-5,7H2,1H3/t12-/m0/s1. The Kier molecular flexibility index (Phi) is 3.86. The van der Waals surface area contributed by atoms with E-state index in [4.69, 9.17) is 0 Å². The summed E-state index contributed by atoms with van der Waals surface area (Å²) in [4.78, 5) is 23.2. The minimum absolute atomic E-state index is 0.0505. The van der Waals surface area contributed by atoms with E-state index in [-0.39, 0.29) is 23.4 Å². The number of nitro groups is 1. The first kappa shape index (κ1) is 16.2. The Hall–Kier alpha value is -2.16. The first-order chi connectivity index (χ1) is 10.0. The number of halogens is 3. The molecule has 1 aromatic carbocycles. The Labute approximate surface area is 123 Å². The van der Waals surface area contributed by atoms with Crippen LogP contribution in [0, 0.1) is 17.0 Å². The summed E-state index contributed by atoms with van der Waals surface area (Å²) in [5.41, 5.74) is -2.79. The van der Waals surface area contributed by atoms with Crippen LogP contribution >= 0.6 is 0 Å². The fourth-order valence-corrected chi connectivity index (χ4v) is 2.37. The number of likely N-dealkylation sites (tertiary alicyclic amines) is 1. The van der Waals surface area contributed by atoms with Gasteiger partial charge in [-0.15, -0.1) is 0 Å². The highest BCUT2D eigenvalue weighted by Gasteiger charge is 2.57. The minimum Gasteiger partial charge on any atom is -0.379 e. The summed E-state index contributed by atoms with van der Waals surface area (Å²) in [5.74, 6) is -0.696. The summed E-state index contributed by atoms with van der Waals surface area (Å²) in [5, 5.41) is 20.3.